The van der Waals surface area contributed by atoms with Gasteiger partial charge in [0.15, 0.2) is 0 Å². The highest BCUT2D eigenvalue weighted by Gasteiger charge is 2.18. The van der Waals surface area contributed by atoms with Gasteiger partial charge in [-0.1, -0.05) is 13.8 Å². The number of nitrogens with two attached hydrogens (primary N) is 1. The standard InChI is InChI=1S/C9H20N2O2S/c1-6(2)8(10)9(12)11-7(3)5-14(4)13/h6-8H,5,10H2,1-4H3,(H,11,12)/t7?,8-,14?/m1/s1. The van der Waals surface area contributed by atoms with E-state index in [2.05, 4.69) is 5.32 Å². The van der Waals surface area contributed by atoms with Crippen LogP contribution in [-0.4, -0.2) is 34.2 Å². The van der Waals surface area contributed by atoms with Gasteiger partial charge >= 0.3 is 0 Å². The zero-order chi connectivity index (χ0) is 11.3. The monoisotopic (exact) mass is 220 g/mol. The van der Waals surface area contributed by atoms with Crippen molar-refractivity contribution in [2.24, 2.45) is 11.7 Å². The first-order valence-corrected chi connectivity index (χ1v) is 6.43. The molecule has 0 rings (SSSR count). The van der Waals surface area contributed by atoms with Gasteiger partial charge in [-0.3, -0.25) is 9.00 Å². The molecule has 0 aliphatic rings. The van der Waals surface area contributed by atoms with E-state index in [0.717, 1.165) is 0 Å². The summed E-state index contributed by atoms with van der Waals surface area (Å²) in [5.74, 6) is 0.420. The first-order chi connectivity index (χ1) is 6.34. The van der Waals surface area contributed by atoms with Gasteiger partial charge in [-0.15, -0.1) is 0 Å². The third kappa shape index (κ3) is 5.34. The molecule has 0 aromatic carbocycles. The molecule has 0 aromatic heterocycles. The fraction of sp³-hybridized carbons (Fsp3) is 0.889. The number of amides is 1. The van der Waals surface area contributed by atoms with Crippen LogP contribution in [0.25, 0.3) is 0 Å². The molecule has 84 valence electrons. The molecule has 0 aromatic rings. The smallest absolute Gasteiger partial charge is 0.237 e. The van der Waals surface area contributed by atoms with E-state index >= 15 is 0 Å². The van der Waals surface area contributed by atoms with E-state index in [0.29, 0.717) is 5.75 Å². The summed E-state index contributed by atoms with van der Waals surface area (Å²) in [6.07, 6.45) is 1.62. The average molecular weight is 220 g/mol. The first kappa shape index (κ1) is 13.6. The maximum Gasteiger partial charge on any atom is 0.237 e. The molecule has 0 saturated carbocycles. The molecule has 2 unspecified atom stereocenters. The van der Waals surface area contributed by atoms with Crippen molar-refractivity contribution in [1.29, 1.82) is 0 Å². The van der Waals surface area contributed by atoms with Crippen molar-refractivity contribution in [3.05, 3.63) is 0 Å². The summed E-state index contributed by atoms with van der Waals surface area (Å²) in [4.78, 5) is 11.4. The molecule has 14 heavy (non-hydrogen) atoms. The summed E-state index contributed by atoms with van der Waals surface area (Å²) in [6, 6.07) is -0.569. The topological polar surface area (TPSA) is 72.2 Å². The molecule has 0 spiro atoms. The number of carbonyl (C=O) groups is 1. The predicted molar refractivity (Wildman–Crippen MR) is 59.4 cm³/mol. The van der Waals surface area contributed by atoms with Crippen molar-refractivity contribution in [1.82, 2.24) is 5.32 Å². The molecule has 5 heteroatoms. The van der Waals surface area contributed by atoms with E-state index < -0.39 is 16.8 Å². The lowest BCUT2D eigenvalue weighted by atomic mass is 10.0. The summed E-state index contributed by atoms with van der Waals surface area (Å²) < 4.78 is 10.9. The molecule has 0 fully saturated rings. The normalized spacial score (nSPS) is 17.6. The van der Waals surface area contributed by atoms with Crippen LogP contribution in [0.1, 0.15) is 20.8 Å². The van der Waals surface area contributed by atoms with E-state index in [1.54, 1.807) is 6.26 Å². The molecule has 0 radical (unpaired) electrons. The minimum Gasteiger partial charge on any atom is -0.351 e. The van der Waals surface area contributed by atoms with Crippen molar-refractivity contribution in [2.45, 2.75) is 32.9 Å². The molecule has 1 amide bonds. The summed E-state index contributed by atoms with van der Waals surface area (Å²) in [7, 11) is -0.892. The minimum absolute atomic E-state index is 0.0851. The van der Waals surface area contributed by atoms with Gasteiger partial charge in [-0.2, -0.15) is 0 Å². The van der Waals surface area contributed by atoms with Crippen molar-refractivity contribution >= 4 is 16.7 Å². The molecule has 3 atom stereocenters. The van der Waals surface area contributed by atoms with Crippen molar-refractivity contribution in [3.63, 3.8) is 0 Å². The lowest BCUT2D eigenvalue weighted by Gasteiger charge is -2.18. The predicted octanol–water partition coefficient (Wildman–Crippen LogP) is -0.147. The minimum atomic E-state index is -0.892. The van der Waals surface area contributed by atoms with E-state index in [1.807, 2.05) is 20.8 Å². The third-order valence-electron chi connectivity index (χ3n) is 1.89. The van der Waals surface area contributed by atoms with Crippen LogP contribution in [0, 0.1) is 5.92 Å². The maximum absolute atomic E-state index is 11.4. The van der Waals surface area contributed by atoms with Gasteiger partial charge in [0.25, 0.3) is 0 Å². The number of hydrogen-bond donors (Lipinski definition) is 2. The SMILES string of the molecule is CC(CS(C)=O)NC(=O)[C@H](N)C(C)C. The van der Waals surface area contributed by atoms with Crippen LogP contribution in [-0.2, 0) is 15.6 Å². The van der Waals surface area contributed by atoms with E-state index in [1.165, 1.54) is 0 Å². The Hall–Kier alpha value is -0.420. The molecule has 0 saturated heterocycles. The first-order valence-electron chi connectivity index (χ1n) is 4.70. The Morgan fingerprint density at radius 3 is 2.29 bits per heavy atom. The fourth-order valence-electron chi connectivity index (χ4n) is 1.04. The van der Waals surface area contributed by atoms with Gasteiger partial charge in [0.05, 0.1) is 6.04 Å². The fourth-order valence-corrected chi connectivity index (χ4v) is 1.82. The molecule has 0 heterocycles. The van der Waals surface area contributed by atoms with Gasteiger partial charge in [0, 0.05) is 28.9 Å². The van der Waals surface area contributed by atoms with E-state index in [9.17, 15) is 9.00 Å². The quantitative estimate of drug-likeness (QED) is 0.677. The zero-order valence-corrected chi connectivity index (χ0v) is 10.1. The second kappa shape index (κ2) is 6.14. The second-order valence-electron chi connectivity index (χ2n) is 3.92. The Balaban J connectivity index is 3.99. The van der Waals surface area contributed by atoms with Crippen LogP contribution in [0.2, 0.25) is 0 Å². The van der Waals surface area contributed by atoms with E-state index in [-0.39, 0.29) is 17.9 Å². The molecule has 3 N–H and O–H groups in total. The Labute approximate surface area is 88.1 Å². The average Bonchev–Trinajstić information content (AvgIpc) is 2.00. The highest BCUT2D eigenvalue weighted by Crippen LogP contribution is 1.98. The van der Waals surface area contributed by atoms with Crippen molar-refractivity contribution in [2.75, 3.05) is 12.0 Å². The summed E-state index contributed by atoms with van der Waals surface area (Å²) >= 11 is 0. The van der Waals surface area contributed by atoms with Gasteiger partial charge < -0.3 is 11.1 Å². The molecule has 0 aliphatic carbocycles. The largest absolute Gasteiger partial charge is 0.351 e. The van der Waals surface area contributed by atoms with Crippen molar-refractivity contribution < 1.29 is 9.00 Å². The van der Waals surface area contributed by atoms with Crippen LogP contribution < -0.4 is 11.1 Å². The molecule has 0 bridgehead atoms. The highest BCUT2D eigenvalue weighted by atomic mass is 32.2. The second-order valence-corrected chi connectivity index (χ2v) is 5.40. The lowest BCUT2D eigenvalue weighted by molar-refractivity contribution is -0.123. The van der Waals surface area contributed by atoms with Crippen molar-refractivity contribution in [3.8, 4) is 0 Å². The summed E-state index contributed by atoms with van der Waals surface area (Å²) in [5.41, 5.74) is 5.65. The van der Waals surface area contributed by atoms with Crippen LogP contribution in [0.5, 0.6) is 0 Å². The van der Waals surface area contributed by atoms with Crippen LogP contribution in [0.3, 0.4) is 0 Å². The Kier molecular flexibility index (Phi) is 5.95. The lowest BCUT2D eigenvalue weighted by Crippen LogP contribution is -2.48. The maximum atomic E-state index is 11.4. The Morgan fingerprint density at radius 2 is 1.93 bits per heavy atom. The van der Waals surface area contributed by atoms with Gasteiger partial charge in [0.2, 0.25) is 5.91 Å². The third-order valence-corrected chi connectivity index (χ3v) is 2.86. The number of nitrogens with one attached hydrogen (secondary N) is 1. The Bertz CT molecular complexity index is 219. The van der Waals surface area contributed by atoms with E-state index in [4.69, 9.17) is 5.73 Å². The van der Waals surface area contributed by atoms with Gasteiger partial charge in [0.1, 0.15) is 0 Å². The summed E-state index contributed by atoms with van der Waals surface area (Å²) in [5, 5.41) is 2.74. The molecular weight excluding hydrogens is 200 g/mol. The van der Waals surface area contributed by atoms with Crippen LogP contribution in [0.4, 0.5) is 0 Å². The number of hydrogen-bond acceptors (Lipinski definition) is 3. The highest BCUT2D eigenvalue weighted by molar-refractivity contribution is 7.84. The van der Waals surface area contributed by atoms with Crippen LogP contribution in [0.15, 0.2) is 0 Å². The molecule has 4 nitrogen and oxygen atoms in total. The Morgan fingerprint density at radius 1 is 1.43 bits per heavy atom. The van der Waals surface area contributed by atoms with Gasteiger partial charge in [-0.05, 0) is 12.8 Å². The van der Waals surface area contributed by atoms with Gasteiger partial charge in [-0.25, -0.2) is 0 Å². The zero-order valence-electron chi connectivity index (χ0n) is 9.24. The number of carbonyl (C=O) groups excluding carboxylic acids is 1. The molecular formula is C9H20N2O2S. The summed E-state index contributed by atoms with van der Waals surface area (Å²) in [6.45, 7) is 5.62. The number of rotatable bonds is 5. The molecule has 0 aliphatic heterocycles. The van der Waals surface area contributed by atoms with Crippen LogP contribution >= 0.6 is 0 Å².